The molecule has 0 spiro atoms. The molecule has 178 valence electrons. The molecule has 0 unspecified atom stereocenters. The van der Waals surface area contributed by atoms with E-state index in [-0.39, 0.29) is 17.0 Å². The molecule has 6 heteroatoms. The minimum Gasteiger partial charge on any atom is -0.383 e. The zero-order valence-electron chi connectivity index (χ0n) is 20.9. The molecule has 0 radical (unpaired) electrons. The van der Waals surface area contributed by atoms with Gasteiger partial charge in [0.25, 0.3) is 0 Å². The zero-order valence-corrected chi connectivity index (χ0v) is 20.9. The molecule has 2 aliphatic heterocycles. The van der Waals surface area contributed by atoms with E-state index >= 15 is 0 Å². The Morgan fingerprint density at radius 2 is 1.67 bits per heavy atom. The number of rotatable bonds is 1. The van der Waals surface area contributed by atoms with Crippen LogP contribution < -0.4 is 10.6 Å². The van der Waals surface area contributed by atoms with Crippen LogP contribution >= 0.6 is 0 Å². The Labute approximate surface area is 211 Å². The standard InChI is InChI=1S/C30H27N5O/c1-16-9-17(2)11-18(10-16)35-22-12-29(3,4)13-23(36)24(22)26-20-8-6-5-7-19(20)25-21(14-31)27(33)34-28(35)30(25,26)15-32/h5-11,25-26H,12-13,33H2,1-4H3/t25-,26+,30+/m1/s1. The van der Waals surface area contributed by atoms with Crippen LogP contribution in [0.1, 0.15) is 60.8 Å². The smallest absolute Gasteiger partial charge is 0.161 e. The summed E-state index contributed by atoms with van der Waals surface area (Å²) < 4.78 is 0. The van der Waals surface area contributed by atoms with E-state index in [9.17, 15) is 15.3 Å². The summed E-state index contributed by atoms with van der Waals surface area (Å²) in [5, 5.41) is 21.2. The number of allylic oxidation sites excluding steroid dienone is 3. The molecule has 2 aromatic carbocycles. The van der Waals surface area contributed by atoms with Gasteiger partial charge < -0.3 is 10.6 Å². The SMILES string of the molecule is Cc1cc(C)cc(N2C3=NC(N)=C(C#N)[C@H]4c5ccccc5[C@@H](C5=C2CC(C)(C)CC5=O)[C@@]34C#N)c1. The minimum atomic E-state index is -1.24. The van der Waals surface area contributed by atoms with Crippen LogP contribution in [0.25, 0.3) is 0 Å². The van der Waals surface area contributed by atoms with Gasteiger partial charge in [0.2, 0.25) is 0 Å². The van der Waals surface area contributed by atoms with Gasteiger partial charge in [-0.05, 0) is 60.1 Å². The van der Waals surface area contributed by atoms with Gasteiger partial charge in [0.05, 0.1) is 17.7 Å². The topological polar surface area (TPSA) is 106 Å². The first kappa shape index (κ1) is 22.3. The Morgan fingerprint density at radius 1 is 1.03 bits per heavy atom. The molecule has 0 aromatic heterocycles. The lowest BCUT2D eigenvalue weighted by Gasteiger charge is -2.51. The molecular formula is C30H27N5O. The van der Waals surface area contributed by atoms with E-state index in [4.69, 9.17) is 10.7 Å². The van der Waals surface area contributed by atoms with Crippen molar-refractivity contribution in [2.24, 2.45) is 21.6 Å². The number of anilines is 1. The molecule has 0 saturated heterocycles. The van der Waals surface area contributed by atoms with Crippen molar-refractivity contribution in [3.8, 4) is 12.1 Å². The molecule has 2 aromatic rings. The first-order chi connectivity index (χ1) is 17.1. The number of hydrogen-bond donors (Lipinski definition) is 1. The van der Waals surface area contributed by atoms with Crippen LogP contribution in [0, 0.1) is 47.3 Å². The van der Waals surface area contributed by atoms with E-state index in [1.165, 1.54) is 0 Å². The number of aryl methyl sites for hydroxylation is 2. The number of carbonyl (C=O) groups is 1. The van der Waals surface area contributed by atoms with E-state index in [1.807, 2.05) is 43.0 Å². The average molecular weight is 474 g/mol. The van der Waals surface area contributed by atoms with Gasteiger partial charge >= 0.3 is 0 Å². The third kappa shape index (κ3) is 2.70. The summed E-state index contributed by atoms with van der Waals surface area (Å²) in [6.45, 7) is 8.29. The van der Waals surface area contributed by atoms with E-state index < -0.39 is 17.3 Å². The van der Waals surface area contributed by atoms with Gasteiger partial charge in [-0.25, -0.2) is 4.99 Å². The number of fused-ring (bicyclic) bond motifs is 4. The number of ketones is 1. The van der Waals surface area contributed by atoms with E-state index in [1.54, 1.807) is 0 Å². The minimum absolute atomic E-state index is 0.0609. The van der Waals surface area contributed by atoms with E-state index in [0.717, 1.165) is 33.6 Å². The maximum Gasteiger partial charge on any atom is 0.161 e. The molecule has 36 heavy (non-hydrogen) atoms. The summed E-state index contributed by atoms with van der Waals surface area (Å²) in [4.78, 5) is 20.8. The number of benzene rings is 2. The normalized spacial score (nSPS) is 27.6. The second-order valence-corrected chi connectivity index (χ2v) is 11.3. The van der Waals surface area contributed by atoms with Crippen LogP contribution in [0.2, 0.25) is 0 Å². The molecule has 2 N–H and O–H groups in total. The number of nitrogens with two attached hydrogens (primary N) is 1. The Bertz CT molecular complexity index is 1540. The summed E-state index contributed by atoms with van der Waals surface area (Å²) >= 11 is 0. The van der Waals surface area contributed by atoms with Crippen molar-refractivity contribution in [1.29, 1.82) is 10.5 Å². The molecule has 6 nitrogen and oxygen atoms in total. The average Bonchev–Trinajstić information content (AvgIpc) is 3.10. The molecular weight excluding hydrogens is 446 g/mol. The number of nitriles is 2. The fraction of sp³-hybridized carbons (Fsp3) is 0.333. The second-order valence-electron chi connectivity index (χ2n) is 11.3. The van der Waals surface area contributed by atoms with Crippen LogP contribution in [0.5, 0.6) is 0 Å². The highest BCUT2D eigenvalue weighted by Crippen LogP contribution is 2.67. The Morgan fingerprint density at radius 3 is 2.28 bits per heavy atom. The Hall–Kier alpha value is -4.16. The van der Waals surface area contributed by atoms with Gasteiger partial charge in [0.1, 0.15) is 17.1 Å². The summed E-state index contributed by atoms with van der Waals surface area (Å²) in [5.41, 5.74) is 11.6. The predicted octanol–water partition coefficient (Wildman–Crippen LogP) is 5.26. The number of amidine groups is 1. The molecule has 0 saturated carbocycles. The molecule has 2 aliphatic carbocycles. The van der Waals surface area contributed by atoms with Crippen molar-refractivity contribution in [3.05, 3.63) is 87.4 Å². The molecule has 0 amide bonds. The van der Waals surface area contributed by atoms with Crippen LogP contribution in [0.15, 0.2) is 70.1 Å². The largest absolute Gasteiger partial charge is 0.383 e. The number of hydrogen-bond acceptors (Lipinski definition) is 6. The molecule has 0 bridgehead atoms. The van der Waals surface area contributed by atoms with E-state index in [2.05, 4.69) is 44.2 Å². The molecule has 2 heterocycles. The fourth-order valence-corrected chi connectivity index (χ4v) is 6.98. The van der Waals surface area contributed by atoms with Crippen molar-refractivity contribution in [2.75, 3.05) is 4.90 Å². The fourth-order valence-electron chi connectivity index (χ4n) is 6.98. The van der Waals surface area contributed by atoms with Crippen molar-refractivity contribution >= 4 is 17.3 Å². The quantitative estimate of drug-likeness (QED) is 0.608. The van der Waals surface area contributed by atoms with Crippen molar-refractivity contribution < 1.29 is 4.79 Å². The third-order valence-corrected chi connectivity index (χ3v) is 8.13. The lowest BCUT2D eigenvalue weighted by Crippen LogP contribution is -2.56. The number of nitrogens with zero attached hydrogens (tertiary/aromatic N) is 4. The van der Waals surface area contributed by atoms with Gasteiger partial charge in [-0.1, -0.05) is 44.2 Å². The summed E-state index contributed by atoms with van der Waals surface area (Å²) in [6, 6.07) is 18.9. The van der Waals surface area contributed by atoms with Crippen LogP contribution in [-0.4, -0.2) is 11.6 Å². The number of carbonyl (C=O) groups excluding carboxylic acids is 1. The van der Waals surface area contributed by atoms with Crippen molar-refractivity contribution in [2.45, 2.75) is 52.4 Å². The predicted molar refractivity (Wildman–Crippen MR) is 138 cm³/mol. The van der Waals surface area contributed by atoms with Crippen LogP contribution in [0.3, 0.4) is 0 Å². The van der Waals surface area contributed by atoms with Gasteiger partial charge in [0, 0.05) is 35.2 Å². The number of Topliss-reactive ketones (excluding diaryl/α,β-unsaturated/α-hetero) is 1. The summed E-state index contributed by atoms with van der Waals surface area (Å²) in [5.74, 6) is -0.377. The highest BCUT2D eigenvalue weighted by atomic mass is 16.1. The van der Waals surface area contributed by atoms with Gasteiger partial charge in [-0.15, -0.1) is 0 Å². The van der Waals surface area contributed by atoms with Crippen molar-refractivity contribution in [1.82, 2.24) is 0 Å². The second kappa shape index (κ2) is 7.18. The van der Waals surface area contributed by atoms with Gasteiger partial charge in [-0.2, -0.15) is 10.5 Å². The maximum absolute atomic E-state index is 14.0. The lowest BCUT2D eigenvalue weighted by molar-refractivity contribution is -0.118. The maximum atomic E-state index is 14.0. The highest BCUT2D eigenvalue weighted by Gasteiger charge is 2.67. The zero-order chi connectivity index (χ0) is 25.6. The van der Waals surface area contributed by atoms with Gasteiger partial charge in [-0.3, -0.25) is 4.79 Å². The monoisotopic (exact) mass is 473 g/mol. The molecule has 0 fully saturated rings. The molecule has 3 atom stereocenters. The first-order valence-electron chi connectivity index (χ1n) is 12.3. The lowest BCUT2D eigenvalue weighted by atomic mass is 9.58. The Balaban J connectivity index is 1.79. The van der Waals surface area contributed by atoms with Crippen LogP contribution in [-0.2, 0) is 4.79 Å². The molecule has 4 aliphatic rings. The highest BCUT2D eigenvalue weighted by molar-refractivity contribution is 6.16. The van der Waals surface area contributed by atoms with Crippen LogP contribution in [0.4, 0.5) is 5.69 Å². The summed E-state index contributed by atoms with van der Waals surface area (Å²) in [6.07, 6.45) is 1.08. The van der Waals surface area contributed by atoms with E-state index in [0.29, 0.717) is 29.8 Å². The third-order valence-electron chi connectivity index (χ3n) is 8.13. The number of aliphatic imine (C=N–C) groups is 1. The molecule has 6 rings (SSSR count). The first-order valence-corrected chi connectivity index (χ1v) is 12.3. The summed E-state index contributed by atoms with van der Waals surface area (Å²) in [7, 11) is 0. The van der Waals surface area contributed by atoms with Crippen molar-refractivity contribution in [3.63, 3.8) is 0 Å². The van der Waals surface area contributed by atoms with Gasteiger partial charge in [0.15, 0.2) is 5.78 Å². The Kier molecular flexibility index (Phi) is 4.45.